The molecule has 3 amide bonds. The summed E-state index contributed by atoms with van der Waals surface area (Å²) < 4.78 is 5.23. The Bertz CT molecular complexity index is 2950. The molecule has 6 aliphatic rings. The summed E-state index contributed by atoms with van der Waals surface area (Å²) in [4.78, 5) is 51.0. The predicted molar refractivity (Wildman–Crippen MR) is 430 cm³/mol. The summed E-state index contributed by atoms with van der Waals surface area (Å²) in [5.41, 5.74) is -0.583. The van der Waals surface area contributed by atoms with Gasteiger partial charge in [0.1, 0.15) is 0 Å². The molecule has 3 saturated carbocycles. The van der Waals surface area contributed by atoms with Crippen LogP contribution >= 0.6 is 34.8 Å². The maximum absolute atomic E-state index is 13.6. The molecule has 9 rings (SSSR count). The van der Waals surface area contributed by atoms with Crippen LogP contribution in [0.2, 0.25) is 15.1 Å². The normalized spacial score (nSPS) is 22.2. The molecule has 0 spiro atoms. The van der Waals surface area contributed by atoms with Gasteiger partial charge in [-0.2, -0.15) is 0 Å². The average Bonchev–Trinajstić information content (AvgIpc) is 0.797. The van der Waals surface area contributed by atoms with Crippen LogP contribution in [0.1, 0.15) is 248 Å². The summed E-state index contributed by atoms with van der Waals surface area (Å²) in [5, 5.41) is 59.8. The lowest BCUT2D eigenvalue weighted by atomic mass is 9.74. The fourth-order valence-corrected chi connectivity index (χ4v) is 19.8. The van der Waals surface area contributed by atoms with Crippen LogP contribution in [-0.2, 0) is 35.9 Å². The Morgan fingerprint density at radius 3 is 1.08 bits per heavy atom. The number of halogens is 3. The number of hydrogen-bond donors (Lipinski definition) is 6. The smallest absolute Gasteiger partial charge is 0.222 e. The van der Waals surface area contributed by atoms with Gasteiger partial charge in [-0.15, -0.1) is 0 Å². The summed E-state index contributed by atoms with van der Waals surface area (Å²) in [6.07, 6.45) is 36.9. The SMILES string of the molecule is CN(C)C[C@@H](CC(=O)N1CCC[C@@H]([C@@](O)(CCCCO)c2cccc(Cl)c2)C1)CC1CCCCC1.CNC[C@@H](CC(=O)N1CCC[C@@H]([C@@](O)(CCCCO)c2cccc(Cl)c2)C1)CC1CCCCC1.COCCCC[C@@](O)(c1cccc(Cl)c1)[C@@H]1CCCN(C(=O)C[C@@H](CC2CCCCC2)CN(C)C)C1. The van der Waals surface area contributed by atoms with Crippen molar-refractivity contribution < 1.29 is 44.7 Å². The second kappa shape index (κ2) is 47.1. The van der Waals surface area contributed by atoms with E-state index in [0.717, 1.165) is 157 Å². The first kappa shape index (κ1) is 88.8. The van der Waals surface area contributed by atoms with Gasteiger partial charge < -0.3 is 60.1 Å². The third-order valence-corrected chi connectivity index (χ3v) is 25.4. The molecule has 0 unspecified atom stereocenters. The monoisotopic (exact) mass is 1520 g/mol. The minimum atomic E-state index is -1.05. The van der Waals surface area contributed by atoms with E-state index < -0.39 is 16.8 Å². The number of methoxy groups -OCH3 is 1. The number of rotatable bonds is 37. The highest BCUT2D eigenvalue weighted by molar-refractivity contribution is 6.31. The van der Waals surface area contributed by atoms with Crippen molar-refractivity contribution in [1.82, 2.24) is 29.8 Å². The van der Waals surface area contributed by atoms with Crippen molar-refractivity contribution in [3.63, 3.8) is 0 Å². The molecule has 3 aliphatic heterocycles. The number of carbonyl (C=O) groups excluding carboxylic acids is 3. The van der Waals surface area contributed by atoms with Gasteiger partial charge in [0.25, 0.3) is 0 Å². The van der Waals surface area contributed by atoms with E-state index in [1.54, 1.807) is 7.11 Å². The van der Waals surface area contributed by atoms with Crippen LogP contribution in [0.4, 0.5) is 0 Å². The van der Waals surface area contributed by atoms with Crippen LogP contribution in [-0.4, -0.2) is 189 Å². The Kier molecular flexibility index (Phi) is 39.8. The Morgan fingerprint density at radius 1 is 0.467 bits per heavy atom. The molecule has 18 heteroatoms. The first-order chi connectivity index (χ1) is 50.6. The standard InChI is InChI=1S/C30H49ClN2O3.C29H47ClN2O3.C28H45ClN2O3/c1-32(2)22-25(19-24-11-5-4-6-12-24)20-29(34)33-17-10-14-27(23-33)30(35,16-7-8-18-36-3)26-13-9-15-28(31)21-26;1-31(2)21-24(18-23-10-4-3-5-11-23)19-28(34)32-16-9-13-26(22-32)29(35,15-6-7-17-33)25-12-8-14-27(30)20-25;1-30-20-23(17-22-9-3-2-4-10-22)18-27(33)31-15-8-12-25(21-31)28(34,14-5-6-16-32)24-11-7-13-26(29)19-24/h9,13,15,21,24-25,27,35H,4-8,10-12,14,16-20,22-23H2,1-3H3;8,12,14,20,23-24,26,33,35H,3-7,9-11,13,15-19,21-22H2,1-2H3;7,11,13,19,22-23,25,30,32,34H,2-6,8-10,12,14-18,20-21H2,1H3/t25-,27-,30-;24-,26-,29-;23-,25-,28-/m111/s1. The van der Waals surface area contributed by atoms with Crippen molar-refractivity contribution in [2.45, 2.75) is 248 Å². The predicted octanol–water partition coefficient (Wildman–Crippen LogP) is 16.7. The number of benzene rings is 3. The molecule has 3 saturated heterocycles. The van der Waals surface area contributed by atoms with E-state index in [2.05, 4.69) is 43.3 Å². The van der Waals surface area contributed by atoms with E-state index in [-0.39, 0.29) is 48.7 Å². The number of ether oxygens (including phenoxy) is 1. The van der Waals surface area contributed by atoms with E-state index in [1.165, 1.54) is 96.3 Å². The lowest BCUT2D eigenvalue weighted by Crippen LogP contribution is -2.48. The van der Waals surface area contributed by atoms with Crippen molar-refractivity contribution in [1.29, 1.82) is 0 Å². The van der Waals surface area contributed by atoms with E-state index in [9.17, 15) is 39.9 Å². The van der Waals surface area contributed by atoms with Crippen LogP contribution in [0.3, 0.4) is 0 Å². The zero-order chi connectivity index (χ0) is 75.6. The van der Waals surface area contributed by atoms with Crippen LogP contribution in [0.25, 0.3) is 0 Å². The topological polar surface area (TPSA) is 190 Å². The zero-order valence-electron chi connectivity index (χ0n) is 65.8. The van der Waals surface area contributed by atoms with Crippen LogP contribution in [0.15, 0.2) is 72.8 Å². The summed E-state index contributed by atoms with van der Waals surface area (Å²) in [6.45, 7) is 7.84. The van der Waals surface area contributed by atoms with Crippen molar-refractivity contribution in [2.75, 3.05) is 121 Å². The number of amides is 3. The van der Waals surface area contributed by atoms with E-state index in [1.807, 2.05) is 94.5 Å². The van der Waals surface area contributed by atoms with Crippen LogP contribution < -0.4 is 5.32 Å². The van der Waals surface area contributed by atoms with Gasteiger partial charge in [0.05, 0.1) is 16.8 Å². The molecular weight excluding hydrogens is 1380 g/mol. The van der Waals surface area contributed by atoms with Gasteiger partial charge >= 0.3 is 0 Å². The summed E-state index contributed by atoms with van der Waals surface area (Å²) >= 11 is 18.9. The van der Waals surface area contributed by atoms with E-state index in [4.69, 9.17) is 39.5 Å². The molecule has 3 aliphatic carbocycles. The van der Waals surface area contributed by atoms with Crippen LogP contribution in [0, 0.1) is 53.3 Å². The molecule has 0 aromatic heterocycles. The molecule has 3 heterocycles. The second-order valence-corrected chi connectivity index (χ2v) is 35.0. The fraction of sp³-hybridized carbons (Fsp3) is 0.759. The van der Waals surface area contributed by atoms with E-state index in [0.29, 0.717) is 110 Å². The second-order valence-electron chi connectivity index (χ2n) is 33.7. The van der Waals surface area contributed by atoms with Gasteiger partial charge in [0, 0.05) is 131 Å². The maximum Gasteiger partial charge on any atom is 0.222 e. The Hall–Kier alpha value is -3.42. The summed E-state index contributed by atoms with van der Waals surface area (Å²) in [7, 11) is 12.1. The summed E-state index contributed by atoms with van der Waals surface area (Å²) in [5.74, 6) is 4.09. The highest BCUT2D eigenvalue weighted by atomic mass is 35.5. The van der Waals surface area contributed by atoms with Gasteiger partial charge in [-0.3, -0.25) is 14.4 Å². The third kappa shape index (κ3) is 29.3. The molecule has 594 valence electrons. The van der Waals surface area contributed by atoms with Crippen molar-refractivity contribution >= 4 is 52.5 Å². The third-order valence-electron chi connectivity index (χ3n) is 24.7. The van der Waals surface area contributed by atoms with Gasteiger partial charge in [0.15, 0.2) is 0 Å². The van der Waals surface area contributed by atoms with Crippen LogP contribution in [0.5, 0.6) is 0 Å². The van der Waals surface area contributed by atoms with Crippen molar-refractivity contribution in [3.8, 4) is 0 Å². The first-order valence-electron chi connectivity index (χ1n) is 41.5. The number of aliphatic hydroxyl groups is 5. The number of likely N-dealkylation sites (tertiary alicyclic amines) is 3. The molecular formula is C87H141Cl3N6O9. The van der Waals surface area contributed by atoms with Gasteiger partial charge in [0.2, 0.25) is 17.7 Å². The Morgan fingerprint density at radius 2 is 0.781 bits per heavy atom. The molecule has 6 N–H and O–H groups in total. The lowest BCUT2D eigenvalue weighted by Gasteiger charge is -2.43. The number of carbonyl (C=O) groups is 3. The first-order valence-corrected chi connectivity index (χ1v) is 42.7. The molecule has 6 fully saturated rings. The van der Waals surface area contributed by atoms with E-state index >= 15 is 0 Å². The summed E-state index contributed by atoms with van der Waals surface area (Å²) in [6, 6.07) is 22.7. The quantitative estimate of drug-likeness (QED) is 0.0300. The minimum Gasteiger partial charge on any atom is -0.396 e. The Balaban J connectivity index is 0.000000220. The zero-order valence-corrected chi connectivity index (χ0v) is 68.1. The number of nitrogens with zero attached hydrogens (tertiary/aromatic N) is 5. The molecule has 3 aromatic rings. The number of unbranched alkanes of at least 4 members (excludes halogenated alkanes) is 3. The van der Waals surface area contributed by atoms with Crippen molar-refractivity contribution in [2.24, 2.45) is 53.3 Å². The van der Waals surface area contributed by atoms with Crippen molar-refractivity contribution in [3.05, 3.63) is 105 Å². The molecule has 105 heavy (non-hydrogen) atoms. The largest absolute Gasteiger partial charge is 0.396 e. The minimum absolute atomic E-state index is 0.00172. The van der Waals surface area contributed by atoms with Gasteiger partial charge in [-0.05, 0) is 246 Å². The highest BCUT2D eigenvalue weighted by Crippen LogP contribution is 2.45. The average molecular weight is 1520 g/mol. The number of hydrogen-bond acceptors (Lipinski definition) is 12. The molecule has 0 radical (unpaired) electrons. The maximum atomic E-state index is 13.6. The van der Waals surface area contributed by atoms with Gasteiger partial charge in [-0.25, -0.2) is 0 Å². The molecule has 0 bridgehead atoms. The highest BCUT2D eigenvalue weighted by Gasteiger charge is 2.45. The number of nitrogens with one attached hydrogen (secondary N) is 1. The Labute approximate surface area is 650 Å². The fourth-order valence-electron chi connectivity index (χ4n) is 19.3. The molecule has 15 nitrogen and oxygen atoms in total. The molecule has 3 aromatic carbocycles. The lowest BCUT2D eigenvalue weighted by molar-refractivity contribution is -0.139. The number of aliphatic hydroxyl groups excluding tert-OH is 2. The van der Waals surface area contributed by atoms with Gasteiger partial charge in [-0.1, -0.05) is 168 Å². The number of piperidine rings is 3. The molecule has 9 atom stereocenters.